The third-order valence-electron chi connectivity index (χ3n) is 6.36. The maximum absolute atomic E-state index is 14.1. The molecule has 0 radical (unpaired) electrons. The number of alkyl halides is 1. The number of fused-ring (bicyclic) bond motifs is 1. The Morgan fingerprint density at radius 3 is 1.97 bits per heavy atom. The summed E-state index contributed by atoms with van der Waals surface area (Å²) in [6.45, 7) is 10.1. The topological polar surface area (TPSA) is 36.9 Å². The second-order valence-electron chi connectivity index (χ2n) is 9.94. The van der Waals surface area contributed by atoms with E-state index in [2.05, 4.69) is 69.3 Å². The first-order valence-electron chi connectivity index (χ1n) is 11.0. The minimum absolute atomic E-state index is 0.148. The quantitative estimate of drug-likeness (QED) is 0.631. The summed E-state index contributed by atoms with van der Waals surface area (Å²) >= 11 is 0. The van der Waals surface area contributed by atoms with E-state index >= 15 is 0 Å². The van der Waals surface area contributed by atoms with Gasteiger partial charge in [0.1, 0.15) is 6.10 Å². The average molecular weight is 445 g/mol. The predicted molar refractivity (Wildman–Crippen MR) is 122 cm³/mol. The lowest BCUT2D eigenvalue weighted by atomic mass is 10.0. The molecule has 2 fully saturated rings. The molecule has 168 valence electrons. The lowest BCUT2D eigenvalue weighted by Crippen LogP contribution is -2.67. The summed E-state index contributed by atoms with van der Waals surface area (Å²) in [5.41, 5.74) is 0. The highest BCUT2D eigenvalue weighted by Gasteiger charge is 2.56. The van der Waals surface area contributed by atoms with Gasteiger partial charge in [-0.15, -0.1) is 0 Å². The van der Waals surface area contributed by atoms with Crippen molar-refractivity contribution in [1.82, 2.24) is 0 Å². The summed E-state index contributed by atoms with van der Waals surface area (Å²) < 4.78 is 38.9. The van der Waals surface area contributed by atoms with Gasteiger partial charge >= 0.3 is 0 Å². The number of ether oxygens (including phenoxy) is 3. The fourth-order valence-electron chi connectivity index (χ4n) is 4.96. The zero-order valence-corrected chi connectivity index (χ0v) is 20.0. The normalized spacial score (nSPS) is 27.9. The van der Waals surface area contributed by atoms with Crippen molar-refractivity contribution in [2.45, 2.75) is 63.9 Å². The van der Waals surface area contributed by atoms with E-state index in [1.807, 2.05) is 26.0 Å². The van der Waals surface area contributed by atoms with Gasteiger partial charge in [0.2, 0.25) is 0 Å². The molecular weight excluding hydrogens is 411 g/mol. The van der Waals surface area contributed by atoms with Crippen molar-refractivity contribution >= 4 is 18.7 Å². The van der Waals surface area contributed by atoms with E-state index < -0.39 is 45.2 Å². The van der Waals surface area contributed by atoms with Gasteiger partial charge in [0, 0.05) is 5.92 Å². The molecule has 4 atom stereocenters. The molecule has 0 amide bonds. The van der Waals surface area contributed by atoms with Crippen LogP contribution in [0.1, 0.15) is 34.6 Å². The van der Waals surface area contributed by atoms with Crippen molar-refractivity contribution in [2.24, 2.45) is 5.92 Å². The number of halogens is 1. The summed E-state index contributed by atoms with van der Waals surface area (Å²) in [5.74, 6) is -1.17. The molecule has 0 spiro atoms. The zero-order valence-electron chi connectivity index (χ0n) is 19.0. The molecule has 2 saturated heterocycles. The minimum atomic E-state index is -2.71. The molecule has 0 bridgehead atoms. The Kier molecular flexibility index (Phi) is 6.13. The number of benzene rings is 2. The lowest BCUT2D eigenvalue weighted by molar-refractivity contribution is -0.213. The molecule has 2 aliphatic heterocycles. The van der Waals surface area contributed by atoms with Crippen molar-refractivity contribution in [3.05, 3.63) is 60.7 Å². The molecule has 0 N–H and O–H groups in total. The van der Waals surface area contributed by atoms with Crippen LogP contribution >= 0.6 is 0 Å². The fraction of sp³-hybridized carbons (Fsp3) is 0.520. The van der Waals surface area contributed by atoms with Crippen LogP contribution in [0, 0.1) is 5.92 Å². The second-order valence-corrected chi connectivity index (χ2v) is 14.2. The molecule has 2 aromatic rings. The highest BCUT2D eigenvalue weighted by atomic mass is 28.4. The van der Waals surface area contributed by atoms with Crippen LogP contribution in [-0.2, 0) is 18.6 Å². The van der Waals surface area contributed by atoms with Crippen LogP contribution in [0.15, 0.2) is 60.7 Å². The molecule has 31 heavy (non-hydrogen) atoms. The summed E-state index contributed by atoms with van der Waals surface area (Å²) in [4.78, 5) is 0. The monoisotopic (exact) mass is 444 g/mol. The highest BCUT2D eigenvalue weighted by molar-refractivity contribution is 6.99. The van der Waals surface area contributed by atoms with Gasteiger partial charge in [0.15, 0.2) is 12.1 Å². The molecule has 4 nitrogen and oxygen atoms in total. The first-order valence-corrected chi connectivity index (χ1v) is 12.9. The molecule has 2 aliphatic rings. The standard InChI is InChI=1S/C25H33FO4Si/c1-24(2,3)31(18-12-8-6-9-13-18,19-14-10-7-11-15-19)27-17-21-20(16-26)22-23(28-21)30-25(4,5)29-22/h6-15,20-23H,16-17H2,1-5H3. The van der Waals surface area contributed by atoms with Gasteiger partial charge in [0.25, 0.3) is 8.32 Å². The molecule has 0 aromatic heterocycles. The third kappa shape index (κ3) is 4.12. The Bertz CT molecular complexity index is 829. The summed E-state index contributed by atoms with van der Waals surface area (Å²) in [7, 11) is -2.71. The van der Waals surface area contributed by atoms with Crippen LogP contribution in [-0.4, -0.2) is 45.9 Å². The van der Waals surface area contributed by atoms with Crippen molar-refractivity contribution in [2.75, 3.05) is 13.3 Å². The van der Waals surface area contributed by atoms with E-state index in [-0.39, 0.29) is 5.04 Å². The SMILES string of the molecule is CC1(C)OC2OC(CO[Si](c3ccccc3)(c3ccccc3)C(C)(C)C)C(CF)C2O1. The van der Waals surface area contributed by atoms with Crippen molar-refractivity contribution in [1.29, 1.82) is 0 Å². The Labute approximate surface area is 185 Å². The van der Waals surface area contributed by atoms with Crippen molar-refractivity contribution < 1.29 is 23.0 Å². The average Bonchev–Trinajstić information content (AvgIpc) is 3.19. The molecule has 4 rings (SSSR count). The van der Waals surface area contributed by atoms with Gasteiger partial charge in [-0.3, -0.25) is 4.39 Å². The van der Waals surface area contributed by atoms with Gasteiger partial charge in [0.05, 0.1) is 19.4 Å². The Morgan fingerprint density at radius 1 is 0.935 bits per heavy atom. The largest absolute Gasteiger partial charge is 0.405 e. The Balaban J connectivity index is 1.67. The van der Waals surface area contributed by atoms with Gasteiger partial charge in [-0.1, -0.05) is 81.4 Å². The van der Waals surface area contributed by atoms with Crippen LogP contribution in [0.25, 0.3) is 0 Å². The second kappa shape index (κ2) is 8.41. The van der Waals surface area contributed by atoms with E-state index in [1.54, 1.807) is 0 Å². The molecule has 2 heterocycles. The highest BCUT2D eigenvalue weighted by Crippen LogP contribution is 2.42. The van der Waals surface area contributed by atoms with E-state index in [9.17, 15) is 4.39 Å². The first-order chi connectivity index (χ1) is 14.7. The molecule has 6 heteroatoms. The van der Waals surface area contributed by atoms with E-state index in [4.69, 9.17) is 18.6 Å². The summed E-state index contributed by atoms with van der Waals surface area (Å²) in [6.07, 6.45) is -1.38. The van der Waals surface area contributed by atoms with Crippen LogP contribution in [0.5, 0.6) is 0 Å². The molecule has 0 saturated carbocycles. The van der Waals surface area contributed by atoms with Crippen LogP contribution in [0.4, 0.5) is 4.39 Å². The van der Waals surface area contributed by atoms with Crippen LogP contribution < -0.4 is 10.4 Å². The molecular formula is C25H33FO4Si. The first kappa shape index (κ1) is 22.6. The molecule has 0 aliphatic carbocycles. The maximum atomic E-state index is 14.1. The van der Waals surface area contributed by atoms with E-state index in [1.165, 1.54) is 10.4 Å². The van der Waals surface area contributed by atoms with Gasteiger partial charge in [-0.2, -0.15) is 0 Å². The van der Waals surface area contributed by atoms with Gasteiger partial charge < -0.3 is 18.6 Å². The minimum Gasteiger partial charge on any atom is -0.405 e. The molecule has 4 unspecified atom stereocenters. The number of hydrogen-bond donors (Lipinski definition) is 0. The Morgan fingerprint density at radius 2 is 1.48 bits per heavy atom. The summed E-state index contributed by atoms with van der Waals surface area (Å²) in [5, 5.41) is 2.24. The van der Waals surface area contributed by atoms with E-state index in [0.29, 0.717) is 6.61 Å². The molecule has 2 aromatic carbocycles. The third-order valence-corrected chi connectivity index (χ3v) is 11.4. The van der Waals surface area contributed by atoms with Crippen LogP contribution in [0.2, 0.25) is 5.04 Å². The lowest BCUT2D eigenvalue weighted by Gasteiger charge is -2.43. The van der Waals surface area contributed by atoms with E-state index in [0.717, 1.165) is 0 Å². The zero-order chi connectivity index (χ0) is 22.3. The number of rotatable bonds is 6. The van der Waals surface area contributed by atoms with Gasteiger partial charge in [-0.05, 0) is 29.3 Å². The smallest absolute Gasteiger partial charge is 0.261 e. The number of hydrogen-bond acceptors (Lipinski definition) is 4. The fourth-order valence-corrected chi connectivity index (χ4v) is 9.53. The van der Waals surface area contributed by atoms with Crippen molar-refractivity contribution in [3.8, 4) is 0 Å². The summed E-state index contributed by atoms with van der Waals surface area (Å²) in [6, 6.07) is 20.9. The Hall–Kier alpha value is -1.57. The van der Waals surface area contributed by atoms with Gasteiger partial charge in [-0.25, -0.2) is 0 Å². The van der Waals surface area contributed by atoms with Crippen molar-refractivity contribution in [3.63, 3.8) is 0 Å². The van der Waals surface area contributed by atoms with Crippen LogP contribution in [0.3, 0.4) is 0 Å². The predicted octanol–water partition coefficient (Wildman–Crippen LogP) is 4.03. The maximum Gasteiger partial charge on any atom is 0.261 e.